The molecule has 0 radical (unpaired) electrons. The highest BCUT2D eigenvalue weighted by Gasteiger charge is 2.10. The lowest BCUT2D eigenvalue weighted by atomic mass is 10.1. The normalized spacial score (nSPS) is 12.4. The van der Waals surface area contributed by atoms with E-state index in [2.05, 4.69) is 4.98 Å². The summed E-state index contributed by atoms with van der Waals surface area (Å²) < 4.78 is 5.13. The van der Waals surface area contributed by atoms with Crippen molar-refractivity contribution < 1.29 is 9.84 Å². The SMILES string of the molecule is COc1cccc(CC(O)c2cscn2)c1. The van der Waals surface area contributed by atoms with E-state index in [4.69, 9.17) is 4.74 Å². The molecule has 1 heterocycles. The summed E-state index contributed by atoms with van der Waals surface area (Å²) in [7, 11) is 1.63. The first kappa shape index (κ1) is 11.1. The maximum Gasteiger partial charge on any atom is 0.119 e. The first-order valence-corrected chi connectivity index (χ1v) is 5.93. The van der Waals surface area contributed by atoms with Crippen LogP contribution in [0.2, 0.25) is 0 Å². The van der Waals surface area contributed by atoms with Crippen LogP contribution in [0.5, 0.6) is 5.75 Å². The van der Waals surface area contributed by atoms with E-state index in [0.717, 1.165) is 17.0 Å². The average molecular weight is 235 g/mol. The van der Waals surface area contributed by atoms with Gasteiger partial charge >= 0.3 is 0 Å². The molecule has 0 bridgehead atoms. The fourth-order valence-corrected chi connectivity index (χ4v) is 2.11. The van der Waals surface area contributed by atoms with Crippen molar-refractivity contribution >= 4 is 11.3 Å². The number of nitrogens with zero attached hydrogens (tertiary/aromatic N) is 1. The molecule has 0 aliphatic heterocycles. The summed E-state index contributed by atoms with van der Waals surface area (Å²) in [4.78, 5) is 4.09. The van der Waals surface area contributed by atoms with Crippen LogP contribution in [0.4, 0.5) is 0 Å². The number of hydrogen-bond donors (Lipinski definition) is 1. The molecule has 4 heteroatoms. The van der Waals surface area contributed by atoms with Crippen molar-refractivity contribution in [3.8, 4) is 5.75 Å². The van der Waals surface area contributed by atoms with Crippen LogP contribution < -0.4 is 4.74 Å². The highest BCUT2D eigenvalue weighted by atomic mass is 32.1. The molecule has 84 valence electrons. The average Bonchev–Trinajstić information content (AvgIpc) is 2.83. The second-order valence-electron chi connectivity index (χ2n) is 3.48. The van der Waals surface area contributed by atoms with Gasteiger partial charge in [0, 0.05) is 11.8 Å². The minimum absolute atomic E-state index is 0.543. The topological polar surface area (TPSA) is 42.4 Å². The van der Waals surface area contributed by atoms with E-state index < -0.39 is 6.10 Å². The molecule has 0 spiro atoms. The zero-order valence-corrected chi connectivity index (χ0v) is 9.78. The lowest BCUT2D eigenvalue weighted by molar-refractivity contribution is 0.174. The second-order valence-corrected chi connectivity index (χ2v) is 4.20. The van der Waals surface area contributed by atoms with Crippen LogP contribution >= 0.6 is 11.3 Å². The van der Waals surface area contributed by atoms with Gasteiger partial charge in [-0.15, -0.1) is 11.3 Å². The van der Waals surface area contributed by atoms with Gasteiger partial charge in [-0.25, -0.2) is 4.98 Å². The summed E-state index contributed by atoms with van der Waals surface area (Å²) in [5, 5.41) is 11.8. The van der Waals surface area contributed by atoms with Crippen LogP contribution in [0.15, 0.2) is 35.2 Å². The van der Waals surface area contributed by atoms with Crippen LogP contribution in [0.25, 0.3) is 0 Å². The molecule has 1 atom stereocenters. The van der Waals surface area contributed by atoms with Crippen molar-refractivity contribution in [3.05, 3.63) is 46.4 Å². The Labute approximate surface area is 98.4 Å². The van der Waals surface area contributed by atoms with Crippen LogP contribution in [0.3, 0.4) is 0 Å². The summed E-state index contributed by atoms with van der Waals surface area (Å²) in [6.07, 6.45) is 0.0133. The standard InChI is InChI=1S/C12H13NO2S/c1-15-10-4-2-3-9(5-10)6-12(14)11-7-16-8-13-11/h2-5,7-8,12,14H,6H2,1H3. The molecule has 0 saturated carbocycles. The molecule has 16 heavy (non-hydrogen) atoms. The van der Waals surface area contributed by atoms with E-state index in [9.17, 15) is 5.11 Å². The molecule has 1 unspecified atom stereocenters. The van der Waals surface area contributed by atoms with Crippen molar-refractivity contribution in [1.82, 2.24) is 4.98 Å². The van der Waals surface area contributed by atoms with Crippen molar-refractivity contribution in [2.45, 2.75) is 12.5 Å². The third kappa shape index (κ3) is 2.59. The Morgan fingerprint density at radius 1 is 1.50 bits per heavy atom. The third-order valence-electron chi connectivity index (χ3n) is 2.36. The van der Waals surface area contributed by atoms with E-state index in [0.29, 0.717) is 6.42 Å². The zero-order valence-electron chi connectivity index (χ0n) is 8.96. The molecule has 0 fully saturated rings. The highest BCUT2D eigenvalue weighted by Crippen LogP contribution is 2.20. The van der Waals surface area contributed by atoms with Gasteiger partial charge < -0.3 is 9.84 Å². The molecular formula is C12H13NO2S. The number of aliphatic hydroxyl groups excluding tert-OH is 1. The predicted octanol–water partition coefficient (Wildman–Crippen LogP) is 2.43. The molecule has 2 rings (SSSR count). The Balaban J connectivity index is 2.08. The third-order valence-corrected chi connectivity index (χ3v) is 2.96. The predicted molar refractivity (Wildman–Crippen MR) is 63.8 cm³/mol. The summed E-state index contributed by atoms with van der Waals surface area (Å²) in [5.74, 6) is 0.808. The van der Waals surface area contributed by atoms with Crippen molar-refractivity contribution in [2.75, 3.05) is 7.11 Å². The minimum atomic E-state index is -0.543. The van der Waals surface area contributed by atoms with Gasteiger partial charge in [0.2, 0.25) is 0 Å². The fraction of sp³-hybridized carbons (Fsp3) is 0.250. The van der Waals surface area contributed by atoms with Crippen LogP contribution in [-0.4, -0.2) is 17.2 Å². The Bertz CT molecular complexity index is 442. The molecule has 2 aromatic rings. The number of methoxy groups -OCH3 is 1. The first-order valence-electron chi connectivity index (χ1n) is 4.98. The zero-order chi connectivity index (χ0) is 11.4. The fourth-order valence-electron chi connectivity index (χ4n) is 1.51. The summed E-state index contributed by atoms with van der Waals surface area (Å²) in [5.41, 5.74) is 3.50. The lowest BCUT2D eigenvalue weighted by Crippen LogP contribution is -2.02. The van der Waals surface area contributed by atoms with Gasteiger partial charge in [0.05, 0.1) is 18.3 Å². The Morgan fingerprint density at radius 3 is 3.06 bits per heavy atom. The summed E-state index contributed by atoms with van der Waals surface area (Å²) >= 11 is 1.49. The maximum atomic E-state index is 9.93. The summed E-state index contributed by atoms with van der Waals surface area (Å²) in [6.45, 7) is 0. The van der Waals surface area contributed by atoms with Gasteiger partial charge in [0.15, 0.2) is 0 Å². The number of aliphatic hydroxyl groups is 1. The van der Waals surface area contributed by atoms with Gasteiger partial charge in [-0.1, -0.05) is 12.1 Å². The van der Waals surface area contributed by atoms with E-state index in [1.54, 1.807) is 12.6 Å². The van der Waals surface area contributed by atoms with Gasteiger partial charge in [-0.2, -0.15) is 0 Å². The van der Waals surface area contributed by atoms with Crippen LogP contribution in [-0.2, 0) is 6.42 Å². The van der Waals surface area contributed by atoms with E-state index >= 15 is 0 Å². The first-order chi connectivity index (χ1) is 7.79. The van der Waals surface area contributed by atoms with Crippen molar-refractivity contribution in [2.24, 2.45) is 0 Å². The molecule has 0 aliphatic rings. The Hall–Kier alpha value is -1.39. The van der Waals surface area contributed by atoms with Gasteiger partial charge in [-0.05, 0) is 17.7 Å². The monoisotopic (exact) mass is 235 g/mol. The quantitative estimate of drug-likeness (QED) is 0.885. The number of aromatic nitrogens is 1. The largest absolute Gasteiger partial charge is 0.497 e. The van der Waals surface area contributed by atoms with Gasteiger partial charge in [-0.3, -0.25) is 0 Å². The van der Waals surface area contributed by atoms with E-state index in [1.807, 2.05) is 29.6 Å². The number of ether oxygens (including phenoxy) is 1. The Kier molecular flexibility index (Phi) is 3.54. The number of rotatable bonds is 4. The minimum Gasteiger partial charge on any atom is -0.497 e. The molecule has 1 aromatic carbocycles. The molecule has 0 amide bonds. The molecule has 1 N–H and O–H groups in total. The smallest absolute Gasteiger partial charge is 0.119 e. The maximum absolute atomic E-state index is 9.93. The molecular weight excluding hydrogens is 222 g/mol. The highest BCUT2D eigenvalue weighted by molar-refractivity contribution is 7.07. The van der Waals surface area contributed by atoms with Crippen molar-refractivity contribution in [3.63, 3.8) is 0 Å². The van der Waals surface area contributed by atoms with Crippen LogP contribution in [0.1, 0.15) is 17.4 Å². The van der Waals surface area contributed by atoms with Gasteiger partial charge in [0.25, 0.3) is 0 Å². The molecule has 1 aromatic heterocycles. The molecule has 3 nitrogen and oxygen atoms in total. The van der Waals surface area contributed by atoms with E-state index in [1.165, 1.54) is 11.3 Å². The van der Waals surface area contributed by atoms with Crippen LogP contribution in [0, 0.1) is 0 Å². The summed E-state index contributed by atoms with van der Waals surface area (Å²) in [6, 6.07) is 7.70. The second kappa shape index (κ2) is 5.09. The van der Waals surface area contributed by atoms with Gasteiger partial charge in [0.1, 0.15) is 11.9 Å². The molecule has 0 aliphatic carbocycles. The molecule has 0 saturated heterocycles. The number of hydrogen-bond acceptors (Lipinski definition) is 4. The number of thiazole rings is 1. The lowest BCUT2D eigenvalue weighted by Gasteiger charge is -2.08. The Morgan fingerprint density at radius 2 is 2.38 bits per heavy atom. The van der Waals surface area contributed by atoms with Crippen molar-refractivity contribution in [1.29, 1.82) is 0 Å². The number of benzene rings is 1. The van der Waals surface area contributed by atoms with E-state index in [-0.39, 0.29) is 0 Å².